The fourth-order valence-electron chi connectivity index (χ4n) is 6.94. The standard InChI is InChI=1S/C41H24N4S/c1-2-10-25(11-3-1)27-20-23-34(42-24-27)38-32-14-4-7-15-33(32)43-41(44-38)45-35-16-8-5-12-28(35)30-21-18-26-19-22-31-29-13-6-9-17-36(29)46-40(31)37(26)39(30)45/h1-24H. The highest BCUT2D eigenvalue weighted by Crippen LogP contribution is 2.44. The monoisotopic (exact) mass is 604 g/mol. The summed E-state index contributed by atoms with van der Waals surface area (Å²) < 4.78 is 4.84. The molecule has 0 fully saturated rings. The first-order chi connectivity index (χ1) is 22.8. The van der Waals surface area contributed by atoms with E-state index in [2.05, 4.69) is 126 Å². The first kappa shape index (κ1) is 25.4. The van der Waals surface area contributed by atoms with Crippen LogP contribution in [-0.2, 0) is 0 Å². The number of pyridine rings is 1. The van der Waals surface area contributed by atoms with E-state index in [0.29, 0.717) is 5.95 Å². The van der Waals surface area contributed by atoms with Crippen LogP contribution in [0, 0.1) is 0 Å². The molecule has 0 unspecified atom stereocenters. The summed E-state index contributed by atoms with van der Waals surface area (Å²) in [7, 11) is 0. The van der Waals surface area contributed by atoms with Crippen LogP contribution in [0.25, 0.3) is 92.1 Å². The van der Waals surface area contributed by atoms with Gasteiger partial charge in [-0.1, -0.05) is 115 Å². The number of hydrogen-bond acceptors (Lipinski definition) is 4. The van der Waals surface area contributed by atoms with Crippen LogP contribution in [0.5, 0.6) is 0 Å². The molecule has 4 nitrogen and oxygen atoms in total. The second-order valence-electron chi connectivity index (χ2n) is 11.6. The fraction of sp³-hybridized carbons (Fsp3) is 0. The largest absolute Gasteiger partial charge is 0.277 e. The highest BCUT2D eigenvalue weighted by molar-refractivity contribution is 7.26. The number of aromatic nitrogens is 4. The Hall–Kier alpha value is -5.91. The maximum atomic E-state index is 5.34. The second-order valence-corrected chi connectivity index (χ2v) is 12.7. The summed E-state index contributed by atoms with van der Waals surface area (Å²) in [5, 5.41) is 8.35. The molecule has 0 bridgehead atoms. The van der Waals surface area contributed by atoms with Gasteiger partial charge in [0.2, 0.25) is 5.95 Å². The van der Waals surface area contributed by atoms with Crippen LogP contribution in [0.2, 0.25) is 0 Å². The molecule has 0 radical (unpaired) electrons. The van der Waals surface area contributed by atoms with Gasteiger partial charge >= 0.3 is 0 Å². The first-order valence-corrected chi connectivity index (χ1v) is 16.2. The second kappa shape index (κ2) is 9.80. The molecule has 10 aromatic rings. The maximum absolute atomic E-state index is 5.34. The van der Waals surface area contributed by atoms with E-state index in [1.807, 2.05) is 35.7 Å². The molecule has 0 saturated carbocycles. The summed E-state index contributed by atoms with van der Waals surface area (Å²) in [4.78, 5) is 15.5. The predicted molar refractivity (Wildman–Crippen MR) is 193 cm³/mol. The van der Waals surface area contributed by atoms with Crippen molar-refractivity contribution in [3.05, 3.63) is 146 Å². The predicted octanol–water partition coefficient (Wildman–Crippen LogP) is 11.0. The number of thiophene rings is 1. The Morgan fingerprint density at radius 3 is 2.11 bits per heavy atom. The van der Waals surface area contributed by atoms with Gasteiger partial charge in [-0.25, -0.2) is 9.97 Å². The van der Waals surface area contributed by atoms with Gasteiger partial charge in [0.15, 0.2) is 0 Å². The fourth-order valence-corrected chi connectivity index (χ4v) is 8.20. The lowest BCUT2D eigenvalue weighted by Crippen LogP contribution is -2.04. The molecule has 0 spiro atoms. The Kier molecular flexibility index (Phi) is 5.41. The smallest absolute Gasteiger partial charge is 0.235 e. The molecule has 46 heavy (non-hydrogen) atoms. The molecular formula is C41H24N4S. The molecule has 10 rings (SSSR count). The van der Waals surface area contributed by atoms with Crippen LogP contribution in [0.4, 0.5) is 0 Å². The van der Waals surface area contributed by atoms with Crippen molar-refractivity contribution in [1.82, 2.24) is 19.5 Å². The third-order valence-corrected chi connectivity index (χ3v) is 10.3. The van der Waals surface area contributed by atoms with Crippen LogP contribution >= 0.6 is 11.3 Å². The molecule has 0 aliphatic carbocycles. The van der Waals surface area contributed by atoms with Gasteiger partial charge < -0.3 is 0 Å². The molecule has 5 heteroatoms. The number of rotatable bonds is 3. The minimum Gasteiger partial charge on any atom is -0.277 e. The molecule has 0 aliphatic heterocycles. The van der Waals surface area contributed by atoms with Crippen LogP contribution in [-0.4, -0.2) is 19.5 Å². The first-order valence-electron chi connectivity index (χ1n) is 15.4. The lowest BCUT2D eigenvalue weighted by atomic mass is 10.0. The molecular weight excluding hydrogens is 581 g/mol. The third kappa shape index (κ3) is 3.69. The van der Waals surface area contributed by atoms with Gasteiger partial charge in [0.05, 0.1) is 22.2 Å². The zero-order valence-electron chi connectivity index (χ0n) is 24.6. The average molecular weight is 605 g/mol. The number of nitrogens with zero attached hydrogens (tertiary/aromatic N) is 4. The third-order valence-electron chi connectivity index (χ3n) is 9.06. The Morgan fingerprint density at radius 2 is 1.26 bits per heavy atom. The molecule has 4 aromatic heterocycles. The topological polar surface area (TPSA) is 43.6 Å². The van der Waals surface area contributed by atoms with Crippen molar-refractivity contribution >= 4 is 75.0 Å². The number of benzene rings is 6. The van der Waals surface area contributed by atoms with Crippen molar-refractivity contribution in [2.24, 2.45) is 0 Å². The molecule has 0 N–H and O–H groups in total. The Labute approximate surface area is 267 Å². The molecule has 0 saturated heterocycles. The Morgan fingerprint density at radius 1 is 0.522 bits per heavy atom. The molecule has 0 aliphatic rings. The van der Waals surface area contributed by atoms with Crippen molar-refractivity contribution in [2.75, 3.05) is 0 Å². The Bertz CT molecular complexity index is 2790. The summed E-state index contributed by atoms with van der Waals surface area (Å²) in [6.45, 7) is 0. The van der Waals surface area contributed by atoms with Crippen molar-refractivity contribution in [1.29, 1.82) is 0 Å². The zero-order valence-corrected chi connectivity index (χ0v) is 25.4. The van der Waals surface area contributed by atoms with E-state index < -0.39 is 0 Å². The quantitative estimate of drug-likeness (QED) is 0.201. The lowest BCUT2D eigenvalue weighted by molar-refractivity contribution is 1.01. The highest BCUT2D eigenvalue weighted by atomic mass is 32.1. The zero-order chi connectivity index (χ0) is 30.2. The SMILES string of the molecule is c1ccc(-c2ccc(-c3nc(-n4c5ccccc5c5ccc6ccc7c8ccccc8sc7c6c54)nc4ccccc34)nc2)cc1. The van der Waals surface area contributed by atoms with Crippen LogP contribution in [0.1, 0.15) is 0 Å². The number of fused-ring (bicyclic) bond motifs is 10. The van der Waals surface area contributed by atoms with E-state index in [1.165, 1.54) is 41.7 Å². The minimum atomic E-state index is 0.638. The summed E-state index contributed by atoms with van der Waals surface area (Å²) in [6, 6.07) is 49.1. The molecule has 0 amide bonds. The van der Waals surface area contributed by atoms with Gasteiger partial charge in [-0.2, -0.15) is 0 Å². The summed E-state index contributed by atoms with van der Waals surface area (Å²) >= 11 is 1.86. The van der Waals surface area contributed by atoms with Crippen LogP contribution < -0.4 is 0 Å². The van der Waals surface area contributed by atoms with Crippen molar-refractivity contribution in [3.8, 4) is 28.5 Å². The van der Waals surface area contributed by atoms with Crippen molar-refractivity contribution < 1.29 is 0 Å². The van der Waals surface area contributed by atoms with E-state index in [9.17, 15) is 0 Å². The van der Waals surface area contributed by atoms with E-state index in [0.717, 1.165) is 44.5 Å². The van der Waals surface area contributed by atoms with Crippen LogP contribution in [0.15, 0.2) is 146 Å². The average Bonchev–Trinajstić information content (AvgIpc) is 3.68. The van der Waals surface area contributed by atoms with Gasteiger partial charge in [-0.3, -0.25) is 9.55 Å². The summed E-state index contributed by atoms with van der Waals surface area (Å²) in [6.07, 6.45) is 1.94. The van der Waals surface area contributed by atoms with Gasteiger partial charge in [0.1, 0.15) is 5.69 Å². The summed E-state index contributed by atoms with van der Waals surface area (Å²) in [5.74, 6) is 0.638. The van der Waals surface area contributed by atoms with Crippen molar-refractivity contribution in [3.63, 3.8) is 0 Å². The molecule has 4 heterocycles. The van der Waals surface area contributed by atoms with E-state index in [4.69, 9.17) is 15.0 Å². The van der Waals surface area contributed by atoms with Gasteiger partial charge in [-0.05, 0) is 35.2 Å². The summed E-state index contributed by atoms with van der Waals surface area (Å²) in [5.41, 5.74) is 6.94. The van der Waals surface area contributed by atoms with Crippen LogP contribution in [0.3, 0.4) is 0 Å². The van der Waals surface area contributed by atoms with Gasteiger partial charge in [0.25, 0.3) is 0 Å². The number of hydrogen-bond donors (Lipinski definition) is 0. The molecule has 6 aromatic carbocycles. The highest BCUT2D eigenvalue weighted by Gasteiger charge is 2.21. The van der Waals surface area contributed by atoms with E-state index in [1.54, 1.807) is 0 Å². The Balaban J connectivity index is 1.30. The molecule has 0 atom stereocenters. The van der Waals surface area contributed by atoms with Gasteiger partial charge in [0, 0.05) is 53.5 Å². The number of para-hydroxylation sites is 2. The lowest BCUT2D eigenvalue weighted by Gasteiger charge is -2.13. The minimum absolute atomic E-state index is 0.638. The van der Waals surface area contributed by atoms with E-state index in [-0.39, 0.29) is 0 Å². The normalized spacial score (nSPS) is 11.9. The maximum Gasteiger partial charge on any atom is 0.235 e. The van der Waals surface area contributed by atoms with Crippen molar-refractivity contribution in [2.45, 2.75) is 0 Å². The van der Waals surface area contributed by atoms with Gasteiger partial charge in [-0.15, -0.1) is 11.3 Å². The molecule has 214 valence electrons. The van der Waals surface area contributed by atoms with E-state index >= 15 is 0 Å².